The molecule has 4 heteroatoms. The number of hydrogen-bond donors (Lipinski definition) is 4. The lowest BCUT2D eigenvalue weighted by molar-refractivity contribution is -0.0266. The van der Waals surface area contributed by atoms with Gasteiger partial charge in [-0.15, -0.1) is 0 Å². The highest BCUT2D eigenvalue weighted by atomic mass is 16.3. The van der Waals surface area contributed by atoms with Gasteiger partial charge in [0.05, 0.1) is 18.3 Å². The maximum absolute atomic E-state index is 9.98. The highest BCUT2D eigenvalue weighted by Gasteiger charge is 2.28. The minimum Gasteiger partial charge on any atom is -0.396 e. The smallest absolute Gasteiger partial charge is 0.0616 e. The molecule has 0 aliphatic rings. The van der Waals surface area contributed by atoms with Gasteiger partial charge in [-0.3, -0.25) is 0 Å². The third-order valence-corrected chi connectivity index (χ3v) is 4.97. The van der Waals surface area contributed by atoms with E-state index in [1.807, 2.05) is 34.6 Å². The van der Waals surface area contributed by atoms with Gasteiger partial charge in [-0.05, 0) is 31.1 Å². The molecule has 4 N–H and O–H groups in total. The number of aliphatic hydroxyl groups is 4. The van der Waals surface area contributed by atoms with Crippen LogP contribution in [0.2, 0.25) is 0 Å². The summed E-state index contributed by atoms with van der Waals surface area (Å²) in [5.41, 5.74) is 0. The van der Waals surface area contributed by atoms with E-state index >= 15 is 0 Å². The molecule has 6 unspecified atom stereocenters. The summed E-state index contributed by atoms with van der Waals surface area (Å²) in [6, 6.07) is 0. The maximum atomic E-state index is 9.98. The van der Waals surface area contributed by atoms with Gasteiger partial charge in [0.2, 0.25) is 0 Å². The minimum atomic E-state index is -0.399. The average molecular weight is 349 g/mol. The Morgan fingerprint density at radius 1 is 0.750 bits per heavy atom. The van der Waals surface area contributed by atoms with Gasteiger partial charge in [-0.2, -0.15) is 0 Å². The molecular weight excluding hydrogens is 304 g/mol. The molecule has 0 fully saturated rings. The second-order valence-corrected chi connectivity index (χ2v) is 7.56. The van der Waals surface area contributed by atoms with Crippen molar-refractivity contribution in [1.82, 2.24) is 0 Å². The Balaban J connectivity index is 0. The summed E-state index contributed by atoms with van der Waals surface area (Å²) in [7, 11) is 0. The number of rotatable bonds is 11. The lowest BCUT2D eigenvalue weighted by Gasteiger charge is -2.30. The van der Waals surface area contributed by atoms with Crippen LogP contribution in [-0.2, 0) is 0 Å². The largest absolute Gasteiger partial charge is 0.396 e. The van der Waals surface area contributed by atoms with E-state index in [0.29, 0.717) is 0 Å². The number of aliphatic hydroxyl groups excluding tert-OH is 4. The van der Waals surface area contributed by atoms with Crippen LogP contribution < -0.4 is 0 Å². The molecule has 6 atom stereocenters. The van der Waals surface area contributed by atoms with E-state index in [4.69, 9.17) is 5.11 Å². The molecule has 24 heavy (non-hydrogen) atoms. The monoisotopic (exact) mass is 348 g/mol. The molecule has 0 radical (unpaired) electrons. The van der Waals surface area contributed by atoms with Crippen LogP contribution in [0.1, 0.15) is 80.6 Å². The molecule has 0 aromatic carbocycles. The fraction of sp³-hybridized carbons (Fsp3) is 1.00. The summed E-state index contributed by atoms with van der Waals surface area (Å²) < 4.78 is 0. The van der Waals surface area contributed by atoms with Crippen molar-refractivity contribution in [3.05, 3.63) is 0 Å². The Kier molecular flexibility index (Phi) is 16.4. The van der Waals surface area contributed by atoms with Crippen LogP contribution in [0.3, 0.4) is 0 Å². The van der Waals surface area contributed by atoms with E-state index in [1.165, 1.54) is 0 Å². The first-order valence-corrected chi connectivity index (χ1v) is 9.82. The molecule has 0 heterocycles. The summed E-state index contributed by atoms with van der Waals surface area (Å²) in [4.78, 5) is 0. The highest BCUT2D eigenvalue weighted by Crippen LogP contribution is 2.23. The quantitative estimate of drug-likeness (QED) is 0.460. The van der Waals surface area contributed by atoms with E-state index in [1.54, 1.807) is 0 Å². The molecule has 0 aliphatic carbocycles. The van der Waals surface area contributed by atoms with Gasteiger partial charge < -0.3 is 20.4 Å². The van der Waals surface area contributed by atoms with Gasteiger partial charge in [0.1, 0.15) is 0 Å². The third kappa shape index (κ3) is 10.7. The lowest BCUT2D eigenvalue weighted by Crippen LogP contribution is -2.36. The van der Waals surface area contributed by atoms with E-state index in [0.717, 1.165) is 32.1 Å². The zero-order chi connectivity index (χ0) is 19.3. The van der Waals surface area contributed by atoms with Crippen molar-refractivity contribution in [1.29, 1.82) is 0 Å². The molecule has 0 bridgehead atoms. The SMILES string of the molecule is CCCC(C)C(O)C(C)C(O)C(C)C.CCCC(O)C(CC)CO. The Bertz CT molecular complexity index is 266. The summed E-state index contributed by atoms with van der Waals surface area (Å²) in [5, 5.41) is 37.9. The fourth-order valence-corrected chi connectivity index (χ4v) is 3.01. The molecule has 0 aromatic rings. The molecule has 0 saturated heterocycles. The molecule has 0 amide bonds. The van der Waals surface area contributed by atoms with Crippen molar-refractivity contribution < 1.29 is 20.4 Å². The van der Waals surface area contributed by atoms with Crippen LogP contribution in [0.4, 0.5) is 0 Å². The zero-order valence-electron chi connectivity index (χ0n) is 17.1. The lowest BCUT2D eigenvalue weighted by atomic mass is 9.83. The normalized spacial score (nSPS) is 19.0. The van der Waals surface area contributed by atoms with E-state index in [2.05, 4.69) is 13.8 Å². The van der Waals surface area contributed by atoms with Crippen LogP contribution in [0.5, 0.6) is 0 Å². The summed E-state index contributed by atoms with van der Waals surface area (Å²) >= 11 is 0. The first-order chi connectivity index (χ1) is 11.2. The average Bonchev–Trinajstić information content (AvgIpc) is 2.54. The predicted octanol–water partition coefficient (Wildman–Crippen LogP) is 3.60. The minimum absolute atomic E-state index is 0.0310. The number of hydrogen-bond acceptors (Lipinski definition) is 4. The van der Waals surface area contributed by atoms with Crippen LogP contribution in [-0.4, -0.2) is 45.3 Å². The fourth-order valence-electron chi connectivity index (χ4n) is 3.01. The van der Waals surface area contributed by atoms with E-state index in [9.17, 15) is 15.3 Å². The van der Waals surface area contributed by atoms with E-state index < -0.39 is 6.10 Å². The van der Waals surface area contributed by atoms with Crippen molar-refractivity contribution in [2.45, 2.75) is 98.9 Å². The van der Waals surface area contributed by atoms with Gasteiger partial charge in [0.25, 0.3) is 0 Å². The molecule has 0 aliphatic heterocycles. The molecule has 148 valence electrons. The van der Waals surface area contributed by atoms with E-state index in [-0.39, 0.29) is 42.5 Å². The Morgan fingerprint density at radius 2 is 1.25 bits per heavy atom. The van der Waals surface area contributed by atoms with Crippen molar-refractivity contribution in [2.75, 3.05) is 6.61 Å². The predicted molar refractivity (Wildman–Crippen MR) is 102 cm³/mol. The van der Waals surface area contributed by atoms with Gasteiger partial charge in [-0.1, -0.05) is 61.3 Å². The Labute approximate surface area is 150 Å². The van der Waals surface area contributed by atoms with Crippen molar-refractivity contribution >= 4 is 0 Å². The van der Waals surface area contributed by atoms with Crippen LogP contribution in [0, 0.1) is 23.7 Å². The third-order valence-electron chi connectivity index (χ3n) is 4.97. The Morgan fingerprint density at radius 3 is 1.58 bits per heavy atom. The molecule has 0 rings (SSSR count). The standard InChI is InChI=1S/C12H26O2.C8H18O2/c1-6-7-9(4)12(14)10(5)11(13)8(2)3;1-3-5-8(10)7(4-2)6-9/h8-14H,6-7H2,1-5H3;7-10H,3-6H2,1-2H3. The molecule has 0 spiro atoms. The van der Waals surface area contributed by atoms with Gasteiger partial charge in [0, 0.05) is 18.4 Å². The van der Waals surface area contributed by atoms with Crippen molar-refractivity contribution in [3.8, 4) is 0 Å². The summed E-state index contributed by atoms with van der Waals surface area (Å²) in [5.74, 6) is 0.549. The second-order valence-electron chi connectivity index (χ2n) is 7.56. The van der Waals surface area contributed by atoms with Gasteiger partial charge >= 0.3 is 0 Å². The first kappa shape index (κ1) is 26.1. The van der Waals surface area contributed by atoms with Crippen molar-refractivity contribution in [3.63, 3.8) is 0 Å². The molecule has 4 nitrogen and oxygen atoms in total. The molecule has 0 aromatic heterocycles. The maximum Gasteiger partial charge on any atom is 0.0616 e. The summed E-state index contributed by atoms with van der Waals surface area (Å²) in [6.07, 6.45) is 3.67. The topological polar surface area (TPSA) is 80.9 Å². The first-order valence-electron chi connectivity index (χ1n) is 9.82. The highest BCUT2D eigenvalue weighted by molar-refractivity contribution is 4.78. The summed E-state index contributed by atoms with van der Waals surface area (Å²) in [6.45, 7) is 14.2. The van der Waals surface area contributed by atoms with Crippen molar-refractivity contribution in [2.24, 2.45) is 23.7 Å². The van der Waals surface area contributed by atoms with Crippen LogP contribution >= 0.6 is 0 Å². The molecule has 0 saturated carbocycles. The van der Waals surface area contributed by atoms with Crippen LogP contribution in [0.15, 0.2) is 0 Å². The van der Waals surface area contributed by atoms with Gasteiger partial charge in [0.15, 0.2) is 0 Å². The Hall–Kier alpha value is -0.160. The zero-order valence-corrected chi connectivity index (χ0v) is 17.1. The second kappa shape index (κ2) is 15.1. The van der Waals surface area contributed by atoms with Crippen LogP contribution in [0.25, 0.3) is 0 Å². The van der Waals surface area contributed by atoms with Gasteiger partial charge in [-0.25, -0.2) is 0 Å². The molecular formula is C20H44O4.